The molecule has 0 atom stereocenters. The van der Waals surface area contributed by atoms with E-state index in [4.69, 9.17) is 0 Å². The van der Waals surface area contributed by atoms with Crippen molar-refractivity contribution in [1.29, 1.82) is 0 Å². The predicted octanol–water partition coefficient (Wildman–Crippen LogP) is 3.04. The molecule has 1 aromatic carbocycles. The molecule has 0 fully saturated rings. The summed E-state index contributed by atoms with van der Waals surface area (Å²) in [4.78, 5) is 0. The summed E-state index contributed by atoms with van der Waals surface area (Å²) >= 11 is 0. The van der Waals surface area contributed by atoms with E-state index in [0.717, 1.165) is 0 Å². The van der Waals surface area contributed by atoms with Gasteiger partial charge in [-0.05, 0) is 0 Å². The normalized spacial score (nSPS) is 5.40. The summed E-state index contributed by atoms with van der Waals surface area (Å²) in [6.07, 6.45) is 0. The summed E-state index contributed by atoms with van der Waals surface area (Å²) in [5.41, 5.74) is 0. The summed E-state index contributed by atoms with van der Waals surface area (Å²) in [7, 11) is 0. The molecule has 0 heterocycles. The van der Waals surface area contributed by atoms with Gasteiger partial charge in [-0.1, -0.05) is 0 Å². The first-order valence-corrected chi connectivity index (χ1v) is 2.62. The predicted molar refractivity (Wildman–Crippen MR) is 41.6 cm³/mol. The van der Waals surface area contributed by atoms with Gasteiger partial charge in [0.15, 0.2) is 0 Å². The van der Waals surface area contributed by atoms with Gasteiger partial charge in [0.1, 0.15) is 0 Å². The van der Waals surface area contributed by atoms with Crippen molar-refractivity contribution < 1.29 is 20.4 Å². The van der Waals surface area contributed by atoms with Crippen LogP contribution < -0.4 is 0 Å². The molecule has 2 heteroatoms. The molecule has 0 radical (unpaired) electrons. The van der Waals surface area contributed by atoms with Crippen LogP contribution in [0.4, 0.5) is 0 Å². The molecule has 0 aliphatic rings. The average Bonchev–Trinajstić information content (AvgIpc) is 1.96. The number of rotatable bonds is 0. The first-order valence-electron chi connectivity index (χ1n) is 2.62. The summed E-state index contributed by atoms with van der Waals surface area (Å²) in [6, 6.07) is 12.5. The maximum atomic E-state index is 3.25. The van der Waals surface area contributed by atoms with Crippen molar-refractivity contribution in [3.05, 3.63) is 49.5 Å². The number of benzene rings is 1. The molecular formula is C8H12NPd-3. The van der Waals surface area contributed by atoms with E-state index in [1.165, 1.54) is 0 Å². The Hall–Kier alpha value is -0.158. The van der Waals surface area contributed by atoms with Gasteiger partial charge in [0, 0.05) is 20.4 Å². The van der Waals surface area contributed by atoms with Crippen LogP contribution in [0.25, 0.3) is 6.15 Å². The molecule has 62 valence electrons. The first kappa shape index (κ1) is 16.4. The van der Waals surface area contributed by atoms with Gasteiger partial charge in [0.25, 0.3) is 0 Å². The van der Waals surface area contributed by atoms with E-state index < -0.39 is 0 Å². The third-order valence-electron chi connectivity index (χ3n) is 0.607. The zero-order chi connectivity index (χ0) is 6.24. The maximum Gasteiger partial charge on any atom is 0 e. The van der Waals surface area contributed by atoms with Gasteiger partial charge < -0.3 is 13.1 Å². The molecule has 0 saturated heterocycles. The van der Waals surface area contributed by atoms with E-state index in [-0.39, 0.29) is 26.6 Å². The quantitative estimate of drug-likeness (QED) is 0.483. The van der Waals surface area contributed by atoms with Crippen molar-refractivity contribution in [3.8, 4) is 0 Å². The first-order chi connectivity index (χ1) is 4.00. The van der Waals surface area contributed by atoms with Gasteiger partial charge in [-0.15, -0.1) is 0 Å². The molecule has 2 N–H and O–H groups in total. The van der Waals surface area contributed by atoms with E-state index >= 15 is 0 Å². The Morgan fingerprint density at radius 1 is 1.00 bits per heavy atom. The number of nitrogens with two attached hydrogens (primary N) is 1. The van der Waals surface area contributed by atoms with Crippen LogP contribution in [-0.4, -0.2) is 0 Å². The molecule has 0 bridgehead atoms. The van der Waals surface area contributed by atoms with Crippen molar-refractivity contribution in [2.24, 2.45) is 0 Å². The fourth-order valence-corrected chi connectivity index (χ4v) is 0.342. The minimum Gasteiger partial charge on any atom is -0.693 e. The number of hydrogen-bond donors (Lipinski definition) is 0. The summed E-state index contributed by atoms with van der Waals surface area (Å²) in [5, 5.41) is 0. The van der Waals surface area contributed by atoms with Gasteiger partial charge in [-0.2, -0.15) is 43.3 Å². The van der Waals surface area contributed by atoms with E-state index in [2.05, 4.69) is 13.0 Å². The molecule has 1 aromatic rings. The average molecular weight is 229 g/mol. The van der Waals surface area contributed by atoms with E-state index in [9.17, 15) is 0 Å². The van der Waals surface area contributed by atoms with Crippen LogP contribution in [0.15, 0.2) is 30.3 Å². The van der Waals surface area contributed by atoms with Crippen molar-refractivity contribution in [3.63, 3.8) is 0 Å². The Morgan fingerprint density at radius 2 is 1.40 bits per heavy atom. The molecule has 10 heavy (non-hydrogen) atoms. The zero-order valence-corrected chi connectivity index (χ0v) is 7.54. The van der Waals surface area contributed by atoms with Crippen molar-refractivity contribution in [2.45, 2.75) is 6.92 Å². The van der Waals surface area contributed by atoms with E-state index in [1.54, 1.807) is 6.92 Å². The molecule has 0 spiro atoms. The Bertz CT molecular complexity index is 81.2. The molecule has 0 unspecified atom stereocenters. The van der Waals surface area contributed by atoms with Crippen molar-refractivity contribution in [1.82, 2.24) is 0 Å². The molecule has 0 aliphatic heterocycles. The molecule has 0 aliphatic carbocycles. The zero-order valence-electron chi connectivity index (χ0n) is 5.99. The van der Waals surface area contributed by atoms with Gasteiger partial charge >= 0.3 is 0 Å². The molecule has 0 saturated carbocycles. The Kier molecular flexibility index (Phi) is 26.2. The molecule has 1 rings (SSSR count). The molecule has 0 amide bonds. The fraction of sp³-hybridized carbons (Fsp3) is 0.125. The van der Waals surface area contributed by atoms with Crippen LogP contribution in [-0.2, 0) is 20.4 Å². The smallest absolute Gasteiger partial charge is 0 e. The summed E-state index contributed by atoms with van der Waals surface area (Å²) in [5.74, 6) is 0. The summed E-state index contributed by atoms with van der Waals surface area (Å²) < 4.78 is 0. The molecule has 0 aromatic heterocycles. The van der Waals surface area contributed by atoms with Crippen LogP contribution in [0.2, 0.25) is 0 Å². The van der Waals surface area contributed by atoms with Crippen molar-refractivity contribution in [2.75, 3.05) is 0 Å². The largest absolute Gasteiger partial charge is 0.693 e. The third-order valence-corrected chi connectivity index (χ3v) is 0.607. The van der Waals surface area contributed by atoms with Crippen molar-refractivity contribution >= 4 is 0 Å². The van der Waals surface area contributed by atoms with Crippen LogP contribution in [0, 0.1) is 13.0 Å². The third kappa shape index (κ3) is 10.8. The Labute approximate surface area is 77.1 Å². The number of hydrogen-bond acceptors (Lipinski definition) is 0. The van der Waals surface area contributed by atoms with Crippen LogP contribution in [0.5, 0.6) is 0 Å². The Morgan fingerprint density at radius 3 is 1.50 bits per heavy atom. The monoisotopic (exact) mass is 228 g/mol. The van der Waals surface area contributed by atoms with Gasteiger partial charge in [0.05, 0.1) is 0 Å². The molecule has 1 nitrogen and oxygen atoms in total. The SMILES string of the molecule is [CH2-]C.[NH2-].[Pd].[c-]1ccccc1. The van der Waals surface area contributed by atoms with Gasteiger partial charge in [0.2, 0.25) is 0 Å². The van der Waals surface area contributed by atoms with Gasteiger partial charge in [-0.3, -0.25) is 0 Å². The summed E-state index contributed by atoms with van der Waals surface area (Å²) in [6.45, 7) is 5.00. The second kappa shape index (κ2) is 15.9. The Balaban J connectivity index is -0.000000114. The van der Waals surface area contributed by atoms with Crippen LogP contribution in [0.3, 0.4) is 0 Å². The van der Waals surface area contributed by atoms with E-state index in [1.807, 2.05) is 30.3 Å². The minimum atomic E-state index is 0. The standard InChI is InChI=1S/C6H5.C2H5.H2N.Pd/c1-2-4-6-5-3-1;1-2;;/h1-5H;1H2,2H3;1H2;/q3*-1;. The topological polar surface area (TPSA) is 33.5 Å². The second-order valence-corrected chi connectivity index (χ2v) is 1.08. The maximum absolute atomic E-state index is 3.25. The fourth-order valence-electron chi connectivity index (χ4n) is 0.342. The minimum absolute atomic E-state index is 0. The van der Waals surface area contributed by atoms with Crippen LogP contribution >= 0.6 is 0 Å². The molecular weight excluding hydrogens is 217 g/mol. The van der Waals surface area contributed by atoms with Gasteiger partial charge in [-0.25, -0.2) is 0 Å². The van der Waals surface area contributed by atoms with Crippen LogP contribution in [0.1, 0.15) is 6.92 Å². The second-order valence-electron chi connectivity index (χ2n) is 1.08. The van der Waals surface area contributed by atoms with E-state index in [0.29, 0.717) is 0 Å².